The number of hydrogen-bond donors (Lipinski definition) is 1. The minimum Gasteiger partial charge on any atom is -0.486 e. The van der Waals surface area contributed by atoms with Crippen LogP contribution in [0.3, 0.4) is 0 Å². The fourth-order valence-electron chi connectivity index (χ4n) is 2.31. The highest BCUT2D eigenvalue weighted by molar-refractivity contribution is 7.12. The summed E-state index contributed by atoms with van der Waals surface area (Å²) in [4.78, 5) is 12.9. The molecular formula is C20H18FNO2S. The third kappa shape index (κ3) is 4.45. The summed E-state index contributed by atoms with van der Waals surface area (Å²) in [6.45, 7) is 2.31. The summed E-state index contributed by atoms with van der Waals surface area (Å²) in [7, 11) is 0. The van der Waals surface area contributed by atoms with Crippen LogP contribution in [0.2, 0.25) is 0 Å². The van der Waals surface area contributed by atoms with E-state index >= 15 is 0 Å². The minimum atomic E-state index is -0.397. The van der Waals surface area contributed by atoms with Gasteiger partial charge in [-0.2, -0.15) is 0 Å². The Morgan fingerprint density at radius 3 is 2.60 bits per heavy atom. The second kappa shape index (κ2) is 7.94. The SMILES string of the molecule is CCc1ccc(NC(=O)c2cc(COc3ccccc3F)cs2)cc1. The first-order valence-electron chi connectivity index (χ1n) is 8.00. The van der Waals surface area contributed by atoms with E-state index in [1.54, 1.807) is 24.3 Å². The lowest BCUT2D eigenvalue weighted by Gasteiger charge is -2.05. The van der Waals surface area contributed by atoms with E-state index in [1.165, 1.54) is 23.0 Å². The molecule has 2 aromatic carbocycles. The Morgan fingerprint density at radius 1 is 1.12 bits per heavy atom. The van der Waals surface area contributed by atoms with Gasteiger partial charge in [-0.1, -0.05) is 31.2 Å². The molecule has 0 bridgehead atoms. The van der Waals surface area contributed by atoms with Crippen molar-refractivity contribution < 1.29 is 13.9 Å². The molecule has 1 N–H and O–H groups in total. The number of ether oxygens (including phenoxy) is 1. The Bertz CT molecular complexity index is 858. The molecule has 0 unspecified atom stereocenters. The zero-order chi connectivity index (χ0) is 17.6. The average molecular weight is 355 g/mol. The molecule has 1 aromatic heterocycles. The summed E-state index contributed by atoms with van der Waals surface area (Å²) < 4.78 is 19.0. The van der Waals surface area contributed by atoms with E-state index in [2.05, 4.69) is 12.2 Å². The quantitative estimate of drug-likeness (QED) is 0.653. The molecule has 1 amide bonds. The Labute approximate surface area is 150 Å². The van der Waals surface area contributed by atoms with Crippen molar-refractivity contribution in [2.75, 3.05) is 5.32 Å². The van der Waals surface area contributed by atoms with Gasteiger partial charge in [0.15, 0.2) is 11.6 Å². The number of benzene rings is 2. The number of carbonyl (C=O) groups is 1. The fraction of sp³-hybridized carbons (Fsp3) is 0.150. The molecule has 0 aliphatic rings. The molecular weight excluding hydrogens is 337 g/mol. The Morgan fingerprint density at radius 2 is 1.88 bits per heavy atom. The monoisotopic (exact) mass is 355 g/mol. The molecule has 3 rings (SSSR count). The Kier molecular flexibility index (Phi) is 5.46. The molecule has 0 fully saturated rings. The van der Waals surface area contributed by atoms with Gasteiger partial charge in [0.25, 0.3) is 5.91 Å². The third-order valence-electron chi connectivity index (χ3n) is 3.73. The second-order valence-electron chi connectivity index (χ2n) is 5.54. The molecule has 3 nitrogen and oxygen atoms in total. The molecule has 5 heteroatoms. The van der Waals surface area contributed by atoms with Crippen LogP contribution in [0.1, 0.15) is 27.7 Å². The van der Waals surface area contributed by atoms with E-state index in [4.69, 9.17) is 4.74 Å². The molecule has 0 saturated carbocycles. The van der Waals surface area contributed by atoms with Crippen LogP contribution in [0.25, 0.3) is 0 Å². The van der Waals surface area contributed by atoms with Crippen molar-refractivity contribution >= 4 is 22.9 Å². The number of halogens is 1. The standard InChI is InChI=1S/C20H18FNO2S/c1-2-14-7-9-16(10-8-14)22-20(23)19-11-15(13-25-19)12-24-18-6-4-3-5-17(18)21/h3-11,13H,2,12H2,1H3,(H,22,23). The first-order chi connectivity index (χ1) is 12.2. The number of nitrogens with one attached hydrogen (secondary N) is 1. The molecule has 0 saturated heterocycles. The highest BCUT2D eigenvalue weighted by Gasteiger charge is 2.10. The number of thiophene rings is 1. The molecule has 0 aliphatic heterocycles. The lowest BCUT2D eigenvalue weighted by Crippen LogP contribution is -2.10. The molecule has 0 spiro atoms. The summed E-state index contributed by atoms with van der Waals surface area (Å²) in [5.74, 6) is -0.353. The highest BCUT2D eigenvalue weighted by atomic mass is 32.1. The van der Waals surface area contributed by atoms with Crippen LogP contribution in [-0.2, 0) is 13.0 Å². The van der Waals surface area contributed by atoms with Crippen molar-refractivity contribution in [3.63, 3.8) is 0 Å². The molecule has 1 heterocycles. The molecule has 25 heavy (non-hydrogen) atoms. The Balaban J connectivity index is 1.60. The van der Waals surface area contributed by atoms with Crippen LogP contribution in [0.4, 0.5) is 10.1 Å². The van der Waals surface area contributed by atoms with Gasteiger partial charge in [0.1, 0.15) is 6.61 Å². The maximum Gasteiger partial charge on any atom is 0.265 e. The summed E-state index contributed by atoms with van der Waals surface area (Å²) in [6.07, 6.45) is 0.963. The number of para-hydroxylation sites is 1. The van der Waals surface area contributed by atoms with Gasteiger partial charge in [-0.3, -0.25) is 4.79 Å². The van der Waals surface area contributed by atoms with Gasteiger partial charge in [-0.05, 0) is 47.7 Å². The number of carbonyl (C=O) groups excluding carboxylic acids is 1. The molecule has 0 radical (unpaired) electrons. The van der Waals surface area contributed by atoms with Gasteiger partial charge in [0, 0.05) is 11.3 Å². The van der Waals surface area contributed by atoms with Gasteiger partial charge in [0.05, 0.1) is 4.88 Å². The topological polar surface area (TPSA) is 38.3 Å². The summed E-state index contributed by atoms with van der Waals surface area (Å²) in [5.41, 5.74) is 2.82. The van der Waals surface area contributed by atoms with Crippen LogP contribution in [0.5, 0.6) is 5.75 Å². The number of rotatable bonds is 6. The van der Waals surface area contributed by atoms with Gasteiger partial charge in [-0.25, -0.2) is 4.39 Å². The summed E-state index contributed by atoms with van der Waals surface area (Å²) in [6, 6.07) is 15.8. The van der Waals surface area contributed by atoms with E-state index in [0.717, 1.165) is 17.7 Å². The van der Waals surface area contributed by atoms with Crippen molar-refractivity contribution in [2.24, 2.45) is 0 Å². The van der Waals surface area contributed by atoms with E-state index in [9.17, 15) is 9.18 Å². The van der Waals surface area contributed by atoms with E-state index < -0.39 is 5.82 Å². The first-order valence-corrected chi connectivity index (χ1v) is 8.88. The maximum absolute atomic E-state index is 13.5. The lowest BCUT2D eigenvalue weighted by molar-refractivity contribution is 0.103. The first kappa shape index (κ1) is 17.2. The van der Waals surface area contributed by atoms with Gasteiger partial charge in [0.2, 0.25) is 0 Å². The van der Waals surface area contributed by atoms with Gasteiger partial charge in [-0.15, -0.1) is 11.3 Å². The van der Waals surface area contributed by atoms with Gasteiger partial charge >= 0.3 is 0 Å². The molecule has 128 valence electrons. The fourth-order valence-corrected chi connectivity index (χ4v) is 3.10. The normalized spacial score (nSPS) is 10.5. The number of hydrogen-bond acceptors (Lipinski definition) is 3. The van der Waals surface area contributed by atoms with Crippen LogP contribution < -0.4 is 10.1 Å². The number of amides is 1. The van der Waals surface area contributed by atoms with E-state index in [0.29, 0.717) is 4.88 Å². The largest absolute Gasteiger partial charge is 0.486 e. The average Bonchev–Trinajstić information content (AvgIpc) is 3.11. The summed E-state index contributed by atoms with van der Waals surface area (Å²) >= 11 is 1.34. The van der Waals surface area contributed by atoms with Crippen LogP contribution in [0.15, 0.2) is 60.0 Å². The predicted octanol–water partition coefficient (Wildman–Crippen LogP) is 5.28. The molecule has 3 aromatic rings. The van der Waals surface area contributed by atoms with Crippen LogP contribution in [-0.4, -0.2) is 5.91 Å². The lowest BCUT2D eigenvalue weighted by atomic mass is 10.1. The van der Waals surface area contributed by atoms with Gasteiger partial charge < -0.3 is 10.1 Å². The van der Waals surface area contributed by atoms with E-state index in [-0.39, 0.29) is 18.3 Å². The number of aryl methyl sites for hydroxylation is 1. The third-order valence-corrected chi connectivity index (χ3v) is 4.71. The Hall–Kier alpha value is -2.66. The zero-order valence-corrected chi connectivity index (χ0v) is 14.6. The van der Waals surface area contributed by atoms with Crippen LogP contribution >= 0.6 is 11.3 Å². The van der Waals surface area contributed by atoms with Crippen molar-refractivity contribution in [3.8, 4) is 5.75 Å². The molecule has 0 aliphatic carbocycles. The van der Waals surface area contributed by atoms with E-state index in [1.807, 2.05) is 29.6 Å². The summed E-state index contributed by atoms with van der Waals surface area (Å²) in [5, 5.41) is 4.72. The van der Waals surface area contributed by atoms with Crippen molar-refractivity contribution in [2.45, 2.75) is 20.0 Å². The van der Waals surface area contributed by atoms with Crippen LogP contribution in [0, 0.1) is 5.82 Å². The predicted molar refractivity (Wildman–Crippen MR) is 98.8 cm³/mol. The molecule has 0 atom stereocenters. The van der Waals surface area contributed by atoms with Crippen molar-refractivity contribution in [3.05, 3.63) is 81.8 Å². The van der Waals surface area contributed by atoms with Crippen molar-refractivity contribution in [1.82, 2.24) is 0 Å². The number of anilines is 1. The van der Waals surface area contributed by atoms with Crippen molar-refractivity contribution in [1.29, 1.82) is 0 Å². The maximum atomic E-state index is 13.5. The highest BCUT2D eigenvalue weighted by Crippen LogP contribution is 2.21. The zero-order valence-electron chi connectivity index (χ0n) is 13.8. The smallest absolute Gasteiger partial charge is 0.265 e. The second-order valence-corrected chi connectivity index (χ2v) is 6.45. The minimum absolute atomic E-state index is 0.161.